The summed E-state index contributed by atoms with van der Waals surface area (Å²) in [5, 5.41) is 0.727. The Morgan fingerprint density at radius 1 is 1.20 bits per heavy atom. The fraction of sp³-hybridized carbons (Fsp3) is 0.0714. The van der Waals surface area contributed by atoms with Crippen LogP contribution in [-0.2, 0) is 0 Å². The maximum atomic E-state index is 13.1. The number of hydrogen-bond acceptors (Lipinski definition) is 2. The standard InChI is InChI=1S/C14H8BrCl2FO2/c15-11-6-9(2-4-13(11)18)20-7-14(19)10-5-8(16)1-3-12(10)17/h1-6H,7H2. The predicted octanol–water partition coefficient (Wildman–Crippen LogP) is 5.16. The summed E-state index contributed by atoms with van der Waals surface area (Å²) in [5.74, 6) is -0.329. The molecule has 0 aliphatic rings. The summed E-state index contributed by atoms with van der Waals surface area (Å²) in [4.78, 5) is 12.0. The van der Waals surface area contributed by atoms with Gasteiger partial charge in [-0.1, -0.05) is 23.2 Å². The third-order valence-corrected chi connectivity index (χ3v) is 3.66. The summed E-state index contributed by atoms with van der Waals surface area (Å²) in [6, 6.07) is 8.76. The fourth-order valence-electron chi connectivity index (χ4n) is 1.50. The van der Waals surface area contributed by atoms with E-state index >= 15 is 0 Å². The van der Waals surface area contributed by atoms with Crippen molar-refractivity contribution in [1.82, 2.24) is 0 Å². The van der Waals surface area contributed by atoms with E-state index < -0.39 is 5.82 Å². The summed E-state index contributed by atoms with van der Waals surface area (Å²) < 4.78 is 18.6. The van der Waals surface area contributed by atoms with Crippen molar-refractivity contribution < 1.29 is 13.9 Å². The van der Waals surface area contributed by atoms with Crippen molar-refractivity contribution in [2.24, 2.45) is 0 Å². The number of ketones is 1. The smallest absolute Gasteiger partial charge is 0.201 e. The third kappa shape index (κ3) is 3.72. The second-order valence-electron chi connectivity index (χ2n) is 3.91. The van der Waals surface area contributed by atoms with E-state index in [1.807, 2.05) is 0 Å². The highest BCUT2D eigenvalue weighted by atomic mass is 79.9. The number of ether oxygens (including phenoxy) is 1. The quantitative estimate of drug-likeness (QED) is 0.688. The molecule has 0 aliphatic heterocycles. The molecular formula is C14H8BrCl2FO2. The van der Waals surface area contributed by atoms with Crippen molar-refractivity contribution in [3.8, 4) is 5.75 Å². The lowest BCUT2D eigenvalue weighted by molar-refractivity contribution is 0.0921. The van der Waals surface area contributed by atoms with Gasteiger partial charge in [-0.15, -0.1) is 0 Å². The highest BCUT2D eigenvalue weighted by Gasteiger charge is 2.12. The van der Waals surface area contributed by atoms with Gasteiger partial charge in [-0.3, -0.25) is 4.79 Å². The van der Waals surface area contributed by atoms with Crippen LogP contribution in [0.15, 0.2) is 40.9 Å². The summed E-state index contributed by atoms with van der Waals surface area (Å²) in [7, 11) is 0. The van der Waals surface area contributed by atoms with Crippen LogP contribution >= 0.6 is 39.1 Å². The highest BCUT2D eigenvalue weighted by Crippen LogP contribution is 2.23. The first-order valence-electron chi connectivity index (χ1n) is 5.53. The van der Waals surface area contributed by atoms with Gasteiger partial charge in [0.2, 0.25) is 5.78 Å². The number of halogens is 4. The molecule has 0 bridgehead atoms. The van der Waals surface area contributed by atoms with Crippen LogP contribution in [0.5, 0.6) is 5.75 Å². The number of benzene rings is 2. The van der Waals surface area contributed by atoms with Crippen molar-refractivity contribution in [1.29, 1.82) is 0 Å². The first kappa shape index (κ1) is 15.3. The molecule has 2 aromatic carbocycles. The molecule has 0 saturated heterocycles. The van der Waals surface area contributed by atoms with Gasteiger partial charge in [0.1, 0.15) is 11.6 Å². The van der Waals surface area contributed by atoms with Gasteiger partial charge >= 0.3 is 0 Å². The maximum Gasteiger partial charge on any atom is 0.201 e. The average molecular weight is 378 g/mol. The normalized spacial score (nSPS) is 10.4. The lowest BCUT2D eigenvalue weighted by Crippen LogP contribution is -2.12. The first-order valence-corrected chi connectivity index (χ1v) is 7.08. The van der Waals surface area contributed by atoms with E-state index in [0.29, 0.717) is 21.4 Å². The summed E-state index contributed by atoms with van der Waals surface area (Å²) >= 11 is 14.8. The van der Waals surface area contributed by atoms with Crippen LogP contribution in [0.1, 0.15) is 10.4 Å². The van der Waals surface area contributed by atoms with E-state index in [0.717, 1.165) is 0 Å². The van der Waals surface area contributed by atoms with Crippen LogP contribution in [0.25, 0.3) is 0 Å². The summed E-state index contributed by atoms with van der Waals surface area (Å²) in [6.07, 6.45) is 0. The van der Waals surface area contributed by atoms with E-state index in [4.69, 9.17) is 27.9 Å². The minimum Gasteiger partial charge on any atom is -0.485 e. The maximum absolute atomic E-state index is 13.1. The van der Waals surface area contributed by atoms with Crippen LogP contribution in [0.2, 0.25) is 10.0 Å². The molecule has 6 heteroatoms. The van der Waals surface area contributed by atoms with E-state index in [1.54, 1.807) is 12.1 Å². The van der Waals surface area contributed by atoms with E-state index in [-0.39, 0.29) is 16.9 Å². The molecule has 0 heterocycles. The molecule has 104 valence electrons. The first-order chi connectivity index (χ1) is 9.47. The Labute approximate surface area is 133 Å². The Morgan fingerprint density at radius 2 is 1.95 bits per heavy atom. The Kier molecular flexibility index (Phi) is 5.02. The van der Waals surface area contributed by atoms with Gasteiger partial charge in [0, 0.05) is 10.6 Å². The molecule has 2 rings (SSSR count). The molecule has 0 N–H and O–H groups in total. The lowest BCUT2D eigenvalue weighted by Gasteiger charge is -2.07. The largest absolute Gasteiger partial charge is 0.485 e. The van der Waals surface area contributed by atoms with Crippen LogP contribution in [0, 0.1) is 5.82 Å². The van der Waals surface area contributed by atoms with Gasteiger partial charge in [0.15, 0.2) is 6.61 Å². The lowest BCUT2D eigenvalue weighted by atomic mass is 10.1. The topological polar surface area (TPSA) is 26.3 Å². The van der Waals surface area contributed by atoms with Gasteiger partial charge in [0.05, 0.1) is 9.50 Å². The summed E-state index contributed by atoms with van der Waals surface area (Å²) in [6.45, 7) is -0.210. The number of Topliss-reactive ketones (excluding diaryl/α,β-unsaturated/α-hetero) is 1. The Bertz CT molecular complexity index is 662. The molecule has 0 atom stereocenters. The van der Waals surface area contributed by atoms with Crippen LogP contribution in [0.3, 0.4) is 0 Å². The van der Waals surface area contributed by atoms with Gasteiger partial charge in [-0.2, -0.15) is 0 Å². The molecule has 2 aromatic rings. The minimum absolute atomic E-state index is 0.210. The number of carbonyl (C=O) groups is 1. The van der Waals surface area contributed by atoms with Gasteiger partial charge in [0.25, 0.3) is 0 Å². The summed E-state index contributed by atoms with van der Waals surface area (Å²) in [5.41, 5.74) is 0.292. The van der Waals surface area contributed by atoms with Crippen molar-refractivity contribution in [2.45, 2.75) is 0 Å². The predicted molar refractivity (Wildman–Crippen MR) is 80.4 cm³/mol. The van der Waals surface area contributed by atoms with Gasteiger partial charge in [-0.05, 0) is 52.3 Å². The molecule has 0 saturated carbocycles. The molecule has 0 aliphatic carbocycles. The van der Waals surface area contributed by atoms with Crippen molar-refractivity contribution in [2.75, 3.05) is 6.61 Å². The van der Waals surface area contributed by atoms with Crippen molar-refractivity contribution >= 4 is 44.9 Å². The average Bonchev–Trinajstić information content (AvgIpc) is 2.42. The van der Waals surface area contributed by atoms with Crippen LogP contribution in [0.4, 0.5) is 4.39 Å². The molecule has 0 radical (unpaired) electrons. The van der Waals surface area contributed by atoms with Crippen LogP contribution in [-0.4, -0.2) is 12.4 Å². The Balaban J connectivity index is 2.08. The number of hydrogen-bond donors (Lipinski definition) is 0. The Hall–Kier alpha value is -1.10. The monoisotopic (exact) mass is 376 g/mol. The second kappa shape index (κ2) is 6.57. The van der Waals surface area contributed by atoms with Gasteiger partial charge in [-0.25, -0.2) is 4.39 Å². The zero-order valence-corrected chi connectivity index (χ0v) is 13.1. The van der Waals surface area contributed by atoms with E-state index in [1.165, 1.54) is 24.3 Å². The molecule has 0 fully saturated rings. The third-order valence-electron chi connectivity index (χ3n) is 2.49. The number of carbonyl (C=O) groups excluding carboxylic acids is 1. The molecule has 0 spiro atoms. The van der Waals surface area contributed by atoms with Gasteiger partial charge < -0.3 is 4.74 Å². The van der Waals surface area contributed by atoms with Crippen LogP contribution < -0.4 is 4.74 Å². The van der Waals surface area contributed by atoms with Crippen molar-refractivity contribution in [3.63, 3.8) is 0 Å². The molecule has 20 heavy (non-hydrogen) atoms. The fourth-order valence-corrected chi connectivity index (χ4v) is 2.26. The SMILES string of the molecule is O=C(COc1ccc(F)c(Br)c1)c1cc(Cl)ccc1Cl. The van der Waals surface area contributed by atoms with E-state index in [9.17, 15) is 9.18 Å². The molecule has 0 aromatic heterocycles. The molecule has 0 amide bonds. The zero-order chi connectivity index (χ0) is 14.7. The second-order valence-corrected chi connectivity index (χ2v) is 5.61. The minimum atomic E-state index is -0.401. The van der Waals surface area contributed by atoms with E-state index in [2.05, 4.69) is 15.9 Å². The van der Waals surface area contributed by atoms with Crippen molar-refractivity contribution in [3.05, 3.63) is 62.3 Å². The highest BCUT2D eigenvalue weighted by molar-refractivity contribution is 9.10. The molecule has 2 nitrogen and oxygen atoms in total. The number of rotatable bonds is 4. The Morgan fingerprint density at radius 3 is 2.65 bits per heavy atom. The molecule has 0 unspecified atom stereocenters. The molecular weight excluding hydrogens is 370 g/mol. The zero-order valence-electron chi connectivity index (χ0n) is 10.00.